The Kier molecular flexibility index (Phi) is 3.26. The molecule has 0 saturated heterocycles. The van der Waals surface area contributed by atoms with E-state index in [1.54, 1.807) is 0 Å². The molecule has 5 aromatic carbocycles. The number of benzene rings is 5. The minimum Gasteiger partial charge on any atom is -0.0843 e. The van der Waals surface area contributed by atoms with Crippen molar-refractivity contribution in [1.29, 1.82) is 0 Å². The smallest absolute Gasteiger partial charge is 0.0406 e. The number of hydrogen-bond acceptors (Lipinski definition) is 0. The molecule has 0 heterocycles. The highest BCUT2D eigenvalue weighted by molar-refractivity contribution is 6.30. The van der Waals surface area contributed by atoms with Gasteiger partial charge in [-0.05, 0) is 67.7 Å². The summed E-state index contributed by atoms with van der Waals surface area (Å²) in [6.45, 7) is 0. The lowest BCUT2D eigenvalue weighted by Crippen LogP contribution is -1.85. The van der Waals surface area contributed by atoms with E-state index < -0.39 is 0 Å². The predicted octanol–water partition coefficient (Wildman–Crippen LogP) is 7.47. The average Bonchev–Trinajstić information content (AvgIpc) is 2.66. The van der Waals surface area contributed by atoms with Crippen molar-refractivity contribution < 1.29 is 0 Å². The van der Waals surface area contributed by atoms with Crippen LogP contribution in [0.4, 0.5) is 0 Å². The third-order valence-electron chi connectivity index (χ3n) is 4.88. The molecule has 0 bridgehead atoms. The van der Waals surface area contributed by atoms with Gasteiger partial charge in [-0.25, -0.2) is 0 Å². The van der Waals surface area contributed by atoms with Crippen molar-refractivity contribution in [3.8, 4) is 11.1 Å². The van der Waals surface area contributed by atoms with Crippen LogP contribution >= 0.6 is 11.6 Å². The fraction of sp³-hybridized carbons (Fsp3) is 0. The van der Waals surface area contributed by atoms with Crippen molar-refractivity contribution in [3.05, 3.63) is 96.0 Å². The fourth-order valence-electron chi connectivity index (χ4n) is 3.67. The molecule has 0 atom stereocenters. The summed E-state index contributed by atoms with van der Waals surface area (Å²) in [7, 11) is 0. The van der Waals surface area contributed by atoms with Gasteiger partial charge in [0.05, 0.1) is 0 Å². The van der Waals surface area contributed by atoms with Gasteiger partial charge in [0.1, 0.15) is 0 Å². The zero-order valence-corrected chi connectivity index (χ0v) is 14.3. The summed E-state index contributed by atoms with van der Waals surface area (Å²) in [5, 5.41) is 8.43. The van der Waals surface area contributed by atoms with Crippen LogP contribution in [0.5, 0.6) is 0 Å². The molecule has 0 unspecified atom stereocenters. The summed E-state index contributed by atoms with van der Waals surface area (Å²) in [5.74, 6) is 0. The zero-order chi connectivity index (χ0) is 16.8. The van der Waals surface area contributed by atoms with Crippen molar-refractivity contribution >= 4 is 43.9 Å². The summed E-state index contributed by atoms with van der Waals surface area (Å²) in [6, 6.07) is 32.2. The van der Waals surface area contributed by atoms with Gasteiger partial charge in [0.25, 0.3) is 0 Å². The van der Waals surface area contributed by atoms with Crippen LogP contribution in [0.1, 0.15) is 0 Å². The molecule has 0 aliphatic carbocycles. The summed E-state index contributed by atoms with van der Waals surface area (Å²) in [6.07, 6.45) is 0. The Morgan fingerprint density at radius 1 is 0.520 bits per heavy atom. The summed E-state index contributed by atoms with van der Waals surface area (Å²) >= 11 is 6.08. The molecule has 0 spiro atoms. The Morgan fingerprint density at radius 3 is 2.00 bits per heavy atom. The molecule has 0 aliphatic rings. The van der Waals surface area contributed by atoms with E-state index in [1.807, 2.05) is 12.1 Å². The molecule has 0 saturated carbocycles. The Bertz CT molecular complexity index is 1230. The molecular weight excluding hydrogens is 324 g/mol. The first-order valence-corrected chi connectivity index (χ1v) is 8.78. The van der Waals surface area contributed by atoms with Crippen LogP contribution in [0.3, 0.4) is 0 Å². The van der Waals surface area contributed by atoms with Gasteiger partial charge in [-0.3, -0.25) is 0 Å². The Balaban J connectivity index is 1.93. The van der Waals surface area contributed by atoms with Gasteiger partial charge in [0, 0.05) is 5.02 Å². The van der Waals surface area contributed by atoms with Crippen LogP contribution in [0, 0.1) is 0 Å². The maximum absolute atomic E-state index is 6.08. The van der Waals surface area contributed by atoms with Crippen LogP contribution in [-0.4, -0.2) is 0 Å². The quantitative estimate of drug-likeness (QED) is 0.220. The van der Waals surface area contributed by atoms with Crippen LogP contribution in [0.25, 0.3) is 43.4 Å². The summed E-state index contributed by atoms with van der Waals surface area (Å²) in [4.78, 5) is 0. The molecule has 0 aliphatic heterocycles. The topological polar surface area (TPSA) is 0 Å². The van der Waals surface area contributed by atoms with Gasteiger partial charge < -0.3 is 0 Å². The Morgan fingerprint density at radius 2 is 1.20 bits per heavy atom. The molecular formula is C24H15Cl. The standard InChI is InChI=1S/C24H15Cl/c25-21-12-10-16(11-13-21)22-7-3-6-17-8-9-20-14-18-4-1-2-5-19(18)15-23(20)24(17)22/h1-15H. The van der Waals surface area contributed by atoms with E-state index in [-0.39, 0.29) is 0 Å². The summed E-state index contributed by atoms with van der Waals surface area (Å²) < 4.78 is 0. The van der Waals surface area contributed by atoms with Crippen LogP contribution in [-0.2, 0) is 0 Å². The maximum Gasteiger partial charge on any atom is 0.0406 e. The normalized spacial score (nSPS) is 11.4. The van der Waals surface area contributed by atoms with E-state index in [1.165, 1.54) is 43.4 Å². The maximum atomic E-state index is 6.08. The molecule has 0 N–H and O–H groups in total. The van der Waals surface area contributed by atoms with Gasteiger partial charge in [0.2, 0.25) is 0 Å². The van der Waals surface area contributed by atoms with Crippen molar-refractivity contribution in [2.75, 3.05) is 0 Å². The molecule has 5 rings (SSSR count). The second-order valence-electron chi connectivity index (χ2n) is 6.40. The highest BCUT2D eigenvalue weighted by Crippen LogP contribution is 2.36. The first kappa shape index (κ1) is 14.5. The van der Waals surface area contributed by atoms with E-state index in [0.29, 0.717) is 0 Å². The second-order valence-corrected chi connectivity index (χ2v) is 6.83. The number of rotatable bonds is 1. The van der Waals surface area contributed by atoms with Crippen molar-refractivity contribution in [2.45, 2.75) is 0 Å². The fourth-order valence-corrected chi connectivity index (χ4v) is 3.80. The zero-order valence-electron chi connectivity index (χ0n) is 13.5. The van der Waals surface area contributed by atoms with Crippen molar-refractivity contribution in [3.63, 3.8) is 0 Å². The third kappa shape index (κ3) is 2.38. The first-order chi connectivity index (χ1) is 12.3. The van der Waals surface area contributed by atoms with Crippen LogP contribution in [0.15, 0.2) is 91.0 Å². The average molecular weight is 339 g/mol. The Labute approximate surface area is 151 Å². The van der Waals surface area contributed by atoms with Crippen LogP contribution in [0.2, 0.25) is 5.02 Å². The van der Waals surface area contributed by atoms with Gasteiger partial charge in [0.15, 0.2) is 0 Å². The lowest BCUT2D eigenvalue weighted by atomic mass is 9.92. The second kappa shape index (κ2) is 5.61. The predicted molar refractivity (Wildman–Crippen MR) is 109 cm³/mol. The summed E-state index contributed by atoms with van der Waals surface area (Å²) in [5.41, 5.74) is 2.44. The first-order valence-electron chi connectivity index (χ1n) is 8.40. The molecule has 118 valence electrons. The van der Waals surface area contributed by atoms with E-state index >= 15 is 0 Å². The lowest BCUT2D eigenvalue weighted by molar-refractivity contribution is 1.66. The molecule has 5 aromatic rings. The van der Waals surface area contributed by atoms with Gasteiger partial charge >= 0.3 is 0 Å². The SMILES string of the molecule is Clc1ccc(-c2cccc3ccc4cc5ccccc5cc4c23)cc1. The molecule has 0 aromatic heterocycles. The highest BCUT2D eigenvalue weighted by atomic mass is 35.5. The Hall–Kier alpha value is -2.83. The van der Waals surface area contributed by atoms with Gasteiger partial charge in [-0.1, -0.05) is 78.3 Å². The monoisotopic (exact) mass is 338 g/mol. The van der Waals surface area contributed by atoms with Crippen molar-refractivity contribution in [2.24, 2.45) is 0 Å². The van der Waals surface area contributed by atoms with Crippen molar-refractivity contribution in [1.82, 2.24) is 0 Å². The molecule has 0 radical (unpaired) electrons. The van der Waals surface area contributed by atoms with E-state index in [9.17, 15) is 0 Å². The highest BCUT2D eigenvalue weighted by Gasteiger charge is 2.09. The molecule has 0 amide bonds. The van der Waals surface area contributed by atoms with E-state index in [0.717, 1.165) is 5.02 Å². The molecule has 1 heteroatoms. The number of halogens is 1. The molecule has 0 fully saturated rings. The molecule has 25 heavy (non-hydrogen) atoms. The third-order valence-corrected chi connectivity index (χ3v) is 5.13. The van der Waals surface area contributed by atoms with Crippen LogP contribution < -0.4 is 0 Å². The number of hydrogen-bond donors (Lipinski definition) is 0. The van der Waals surface area contributed by atoms with Gasteiger partial charge in [-0.2, -0.15) is 0 Å². The minimum atomic E-state index is 0.764. The number of fused-ring (bicyclic) bond motifs is 4. The largest absolute Gasteiger partial charge is 0.0843 e. The van der Waals surface area contributed by atoms with Gasteiger partial charge in [-0.15, -0.1) is 0 Å². The van der Waals surface area contributed by atoms with E-state index in [2.05, 4.69) is 78.9 Å². The lowest BCUT2D eigenvalue weighted by Gasteiger charge is -2.12. The van der Waals surface area contributed by atoms with E-state index in [4.69, 9.17) is 11.6 Å². The molecule has 0 nitrogen and oxygen atoms in total. The minimum absolute atomic E-state index is 0.764.